The maximum Gasteiger partial charge on any atom is -0.0185 e. The topological polar surface area (TPSA) is 0 Å². The second-order valence-corrected chi connectivity index (χ2v) is 4.64. The standard InChI is InChI=1S/C12H24/c1-6-8-10-11(9-7-2)12(3,4)5/h7,9,11H,6,8,10H2,1-5H3/b9-7+. The monoisotopic (exact) mass is 168 g/mol. The van der Waals surface area contributed by atoms with Gasteiger partial charge in [-0.2, -0.15) is 0 Å². The van der Waals surface area contributed by atoms with Crippen LogP contribution < -0.4 is 0 Å². The third-order valence-corrected chi connectivity index (χ3v) is 2.41. The van der Waals surface area contributed by atoms with E-state index < -0.39 is 0 Å². The second kappa shape index (κ2) is 5.40. The van der Waals surface area contributed by atoms with Crippen LogP contribution >= 0.6 is 0 Å². The van der Waals surface area contributed by atoms with E-state index in [1.54, 1.807) is 0 Å². The van der Waals surface area contributed by atoms with Crippen molar-refractivity contribution in [2.24, 2.45) is 11.3 Å². The van der Waals surface area contributed by atoms with Crippen LogP contribution in [0.4, 0.5) is 0 Å². The first kappa shape index (κ1) is 11.7. The Bertz CT molecular complexity index is 125. The molecule has 0 bridgehead atoms. The highest BCUT2D eigenvalue weighted by molar-refractivity contribution is 4.91. The third-order valence-electron chi connectivity index (χ3n) is 2.41. The van der Waals surface area contributed by atoms with Gasteiger partial charge in [0.2, 0.25) is 0 Å². The van der Waals surface area contributed by atoms with Gasteiger partial charge in [-0.15, -0.1) is 0 Å². The molecule has 0 radical (unpaired) electrons. The van der Waals surface area contributed by atoms with Crippen LogP contribution in [0.5, 0.6) is 0 Å². The Morgan fingerprint density at radius 3 is 2.17 bits per heavy atom. The van der Waals surface area contributed by atoms with E-state index in [2.05, 4.69) is 46.8 Å². The van der Waals surface area contributed by atoms with Gasteiger partial charge in [0.05, 0.1) is 0 Å². The first-order valence-corrected chi connectivity index (χ1v) is 5.15. The summed E-state index contributed by atoms with van der Waals surface area (Å²) in [5.41, 5.74) is 0.432. The van der Waals surface area contributed by atoms with Crippen molar-refractivity contribution in [2.75, 3.05) is 0 Å². The fourth-order valence-electron chi connectivity index (χ4n) is 1.47. The van der Waals surface area contributed by atoms with Crippen molar-refractivity contribution in [1.82, 2.24) is 0 Å². The molecule has 0 fully saturated rings. The molecular weight excluding hydrogens is 144 g/mol. The van der Waals surface area contributed by atoms with E-state index in [0.29, 0.717) is 5.41 Å². The molecule has 0 amide bonds. The highest BCUT2D eigenvalue weighted by Gasteiger charge is 2.20. The summed E-state index contributed by atoms with van der Waals surface area (Å²) in [4.78, 5) is 0. The van der Waals surface area contributed by atoms with Crippen molar-refractivity contribution in [3.63, 3.8) is 0 Å². The molecule has 0 rings (SSSR count). The number of rotatable bonds is 4. The number of allylic oxidation sites excluding steroid dienone is 2. The third kappa shape index (κ3) is 4.58. The molecule has 0 aliphatic rings. The summed E-state index contributed by atoms with van der Waals surface area (Å²) in [6.07, 6.45) is 8.54. The Labute approximate surface area is 78.1 Å². The van der Waals surface area contributed by atoms with E-state index in [1.165, 1.54) is 19.3 Å². The van der Waals surface area contributed by atoms with E-state index in [4.69, 9.17) is 0 Å². The van der Waals surface area contributed by atoms with Crippen LogP contribution in [0.2, 0.25) is 0 Å². The van der Waals surface area contributed by atoms with Crippen molar-refractivity contribution < 1.29 is 0 Å². The van der Waals surface area contributed by atoms with E-state index in [0.717, 1.165) is 5.92 Å². The minimum Gasteiger partial charge on any atom is -0.0914 e. The zero-order chi connectivity index (χ0) is 9.61. The smallest absolute Gasteiger partial charge is 0.0185 e. The van der Waals surface area contributed by atoms with Crippen LogP contribution in [0.25, 0.3) is 0 Å². The largest absolute Gasteiger partial charge is 0.0914 e. The minimum atomic E-state index is 0.432. The molecule has 0 aromatic heterocycles. The van der Waals surface area contributed by atoms with Gasteiger partial charge in [0, 0.05) is 0 Å². The maximum atomic E-state index is 2.36. The number of unbranched alkanes of at least 4 members (excludes halogenated alkanes) is 1. The van der Waals surface area contributed by atoms with E-state index >= 15 is 0 Å². The normalized spacial score (nSPS) is 15.4. The lowest BCUT2D eigenvalue weighted by Gasteiger charge is -2.28. The second-order valence-electron chi connectivity index (χ2n) is 4.64. The summed E-state index contributed by atoms with van der Waals surface area (Å²) in [5, 5.41) is 0. The summed E-state index contributed by atoms with van der Waals surface area (Å²) >= 11 is 0. The van der Waals surface area contributed by atoms with Gasteiger partial charge in [-0.3, -0.25) is 0 Å². The molecule has 0 nitrogen and oxygen atoms in total. The van der Waals surface area contributed by atoms with Crippen molar-refractivity contribution in [2.45, 2.75) is 53.9 Å². The lowest BCUT2D eigenvalue weighted by molar-refractivity contribution is 0.273. The van der Waals surface area contributed by atoms with Gasteiger partial charge in [0.15, 0.2) is 0 Å². The van der Waals surface area contributed by atoms with Crippen LogP contribution in [0.3, 0.4) is 0 Å². The summed E-state index contributed by atoms with van der Waals surface area (Å²) in [6, 6.07) is 0. The van der Waals surface area contributed by atoms with E-state index in [-0.39, 0.29) is 0 Å². The molecule has 1 unspecified atom stereocenters. The first-order chi connectivity index (χ1) is 5.52. The average Bonchev–Trinajstić information content (AvgIpc) is 1.95. The molecule has 0 saturated heterocycles. The maximum absolute atomic E-state index is 2.36. The summed E-state index contributed by atoms with van der Waals surface area (Å²) in [7, 11) is 0. The summed E-state index contributed by atoms with van der Waals surface area (Å²) in [6.45, 7) is 11.4. The fourth-order valence-corrected chi connectivity index (χ4v) is 1.47. The van der Waals surface area contributed by atoms with Gasteiger partial charge in [0.25, 0.3) is 0 Å². The van der Waals surface area contributed by atoms with Crippen molar-refractivity contribution >= 4 is 0 Å². The molecular formula is C12H24. The molecule has 0 heterocycles. The van der Waals surface area contributed by atoms with E-state index in [1.807, 2.05) is 0 Å². The molecule has 12 heavy (non-hydrogen) atoms. The zero-order valence-electron chi connectivity index (χ0n) is 9.35. The fraction of sp³-hybridized carbons (Fsp3) is 0.833. The lowest BCUT2D eigenvalue weighted by atomic mass is 9.78. The molecule has 1 atom stereocenters. The van der Waals surface area contributed by atoms with E-state index in [9.17, 15) is 0 Å². The molecule has 0 spiro atoms. The lowest BCUT2D eigenvalue weighted by Crippen LogP contribution is -2.18. The summed E-state index contributed by atoms with van der Waals surface area (Å²) in [5.74, 6) is 0.752. The van der Waals surface area contributed by atoms with Gasteiger partial charge in [-0.05, 0) is 24.7 Å². The van der Waals surface area contributed by atoms with Crippen LogP contribution in [0.15, 0.2) is 12.2 Å². The molecule has 0 aliphatic carbocycles. The Morgan fingerprint density at radius 2 is 1.83 bits per heavy atom. The molecule has 0 aromatic carbocycles. The highest BCUT2D eigenvalue weighted by Crippen LogP contribution is 2.31. The SMILES string of the molecule is C/C=C/C(CCCC)C(C)(C)C. The van der Waals surface area contributed by atoms with Gasteiger partial charge in [-0.25, -0.2) is 0 Å². The Kier molecular flexibility index (Phi) is 5.28. The molecule has 0 saturated carbocycles. The predicted molar refractivity (Wildman–Crippen MR) is 57.3 cm³/mol. The summed E-state index contributed by atoms with van der Waals surface area (Å²) < 4.78 is 0. The quantitative estimate of drug-likeness (QED) is 0.545. The van der Waals surface area contributed by atoms with Gasteiger partial charge < -0.3 is 0 Å². The van der Waals surface area contributed by atoms with Gasteiger partial charge >= 0.3 is 0 Å². The molecule has 0 N–H and O–H groups in total. The van der Waals surface area contributed by atoms with Crippen molar-refractivity contribution in [3.05, 3.63) is 12.2 Å². The van der Waals surface area contributed by atoms with Crippen LogP contribution in [0.1, 0.15) is 53.9 Å². The molecule has 72 valence electrons. The zero-order valence-corrected chi connectivity index (χ0v) is 9.35. The Morgan fingerprint density at radius 1 is 1.25 bits per heavy atom. The Hall–Kier alpha value is -0.260. The predicted octanol–water partition coefficient (Wildman–Crippen LogP) is 4.42. The molecule has 0 heteroatoms. The number of hydrogen-bond donors (Lipinski definition) is 0. The minimum absolute atomic E-state index is 0.432. The van der Waals surface area contributed by atoms with Crippen molar-refractivity contribution in [1.29, 1.82) is 0 Å². The van der Waals surface area contributed by atoms with Crippen LogP contribution in [-0.4, -0.2) is 0 Å². The highest BCUT2D eigenvalue weighted by atomic mass is 14.3. The van der Waals surface area contributed by atoms with Crippen LogP contribution in [0, 0.1) is 11.3 Å². The van der Waals surface area contributed by atoms with Crippen LogP contribution in [-0.2, 0) is 0 Å². The van der Waals surface area contributed by atoms with Crippen molar-refractivity contribution in [3.8, 4) is 0 Å². The molecule has 0 aliphatic heterocycles. The Balaban J connectivity index is 4.04. The average molecular weight is 168 g/mol. The van der Waals surface area contributed by atoms with Gasteiger partial charge in [0.1, 0.15) is 0 Å². The first-order valence-electron chi connectivity index (χ1n) is 5.15. The molecule has 0 aromatic rings. The van der Waals surface area contributed by atoms with Gasteiger partial charge in [-0.1, -0.05) is 52.7 Å². The number of hydrogen-bond acceptors (Lipinski definition) is 0.